The molecule has 0 spiro atoms. The van der Waals surface area contributed by atoms with Crippen molar-refractivity contribution >= 4 is 59.8 Å². The molecular weight excluding hydrogens is 472 g/mol. The normalized spacial score (nSPS) is 13.1. The van der Waals surface area contributed by atoms with E-state index in [-0.39, 0.29) is 5.41 Å². The Morgan fingerprint density at radius 2 is 1.59 bits per heavy atom. The minimum atomic E-state index is 0.150. The van der Waals surface area contributed by atoms with Crippen LogP contribution >= 0.6 is 0 Å². The number of aryl methyl sites for hydroxylation is 3. The first-order valence-electron chi connectivity index (χ1n) is 14.5. The third kappa shape index (κ3) is 3.43. The SMILES string of the molecule is Cc1ccc2c(CC(C)(C)C)c3c(c(C)c2c1)c1c2c(cc[n+]1C)cc(CC(C)C)c1c4ccccc4n3c12. The molecule has 0 radical (unpaired) electrons. The minimum Gasteiger partial charge on any atom is -0.307 e. The summed E-state index contributed by atoms with van der Waals surface area (Å²) in [6.45, 7) is 16.4. The van der Waals surface area contributed by atoms with Crippen LogP contribution in [0.4, 0.5) is 0 Å². The molecule has 0 aliphatic carbocycles. The summed E-state index contributed by atoms with van der Waals surface area (Å²) in [6.07, 6.45) is 4.37. The molecule has 4 aromatic carbocycles. The largest absolute Gasteiger partial charge is 0.307 e. The van der Waals surface area contributed by atoms with Gasteiger partial charge in [0, 0.05) is 16.8 Å². The van der Waals surface area contributed by atoms with E-state index in [0.717, 1.165) is 12.8 Å². The smallest absolute Gasteiger partial charge is 0.224 e. The summed E-state index contributed by atoms with van der Waals surface area (Å²) in [4.78, 5) is 0. The molecule has 0 fully saturated rings. The first kappa shape index (κ1) is 24.4. The predicted molar refractivity (Wildman–Crippen MR) is 168 cm³/mol. The van der Waals surface area contributed by atoms with Crippen molar-refractivity contribution in [2.45, 2.75) is 61.3 Å². The summed E-state index contributed by atoms with van der Waals surface area (Å²) in [5.41, 5.74) is 11.3. The Bertz CT molecular complexity index is 2100. The highest BCUT2D eigenvalue weighted by Crippen LogP contribution is 2.46. The lowest BCUT2D eigenvalue weighted by molar-refractivity contribution is -0.643. The van der Waals surface area contributed by atoms with Crippen LogP contribution in [0, 0.1) is 25.2 Å². The van der Waals surface area contributed by atoms with Gasteiger partial charge in [-0.05, 0) is 83.0 Å². The average molecular weight is 512 g/mol. The molecule has 2 heteroatoms. The fourth-order valence-corrected chi connectivity index (χ4v) is 7.30. The van der Waals surface area contributed by atoms with E-state index >= 15 is 0 Å². The van der Waals surface area contributed by atoms with Crippen LogP contribution in [0.15, 0.2) is 60.8 Å². The van der Waals surface area contributed by atoms with Gasteiger partial charge in [0.2, 0.25) is 5.52 Å². The number of hydrogen-bond donors (Lipinski definition) is 0. The Morgan fingerprint density at radius 3 is 2.33 bits per heavy atom. The first-order chi connectivity index (χ1) is 18.5. The van der Waals surface area contributed by atoms with E-state index < -0.39 is 0 Å². The van der Waals surface area contributed by atoms with Crippen molar-refractivity contribution < 1.29 is 4.57 Å². The second-order valence-electron chi connectivity index (χ2n) is 13.6. The van der Waals surface area contributed by atoms with E-state index in [4.69, 9.17) is 0 Å². The van der Waals surface area contributed by atoms with Crippen LogP contribution in [-0.2, 0) is 19.9 Å². The van der Waals surface area contributed by atoms with Crippen LogP contribution in [0.3, 0.4) is 0 Å². The number of pyridine rings is 2. The maximum atomic E-state index is 2.66. The minimum absolute atomic E-state index is 0.150. The predicted octanol–water partition coefficient (Wildman–Crippen LogP) is 9.37. The summed E-state index contributed by atoms with van der Waals surface area (Å²) >= 11 is 0. The summed E-state index contributed by atoms with van der Waals surface area (Å²) in [5.74, 6) is 0.591. The molecule has 0 aliphatic heterocycles. The highest BCUT2D eigenvalue weighted by atomic mass is 15.0. The van der Waals surface area contributed by atoms with Crippen molar-refractivity contribution in [2.24, 2.45) is 18.4 Å². The summed E-state index contributed by atoms with van der Waals surface area (Å²) < 4.78 is 5.03. The van der Waals surface area contributed by atoms with Gasteiger partial charge >= 0.3 is 0 Å². The zero-order chi connectivity index (χ0) is 27.4. The number of hydrogen-bond acceptors (Lipinski definition) is 0. The lowest BCUT2D eigenvalue weighted by Crippen LogP contribution is -2.29. The van der Waals surface area contributed by atoms with Crippen molar-refractivity contribution in [1.29, 1.82) is 0 Å². The Balaban J connectivity index is 1.90. The molecule has 196 valence electrons. The van der Waals surface area contributed by atoms with Crippen LogP contribution in [0.1, 0.15) is 56.9 Å². The zero-order valence-electron chi connectivity index (χ0n) is 24.7. The number of para-hydroxylation sites is 1. The molecule has 0 saturated heterocycles. The molecular formula is C37H39N2+. The number of aromatic nitrogens is 2. The Kier molecular flexibility index (Phi) is 5.12. The highest BCUT2D eigenvalue weighted by molar-refractivity contribution is 6.29. The topological polar surface area (TPSA) is 8.29 Å². The van der Waals surface area contributed by atoms with Gasteiger partial charge in [0.15, 0.2) is 6.20 Å². The molecule has 7 aromatic rings. The van der Waals surface area contributed by atoms with Gasteiger partial charge < -0.3 is 4.40 Å². The lowest BCUT2D eigenvalue weighted by atomic mass is 9.82. The maximum absolute atomic E-state index is 2.66. The van der Waals surface area contributed by atoms with Crippen molar-refractivity contribution in [1.82, 2.24) is 4.40 Å². The fraction of sp³-hybridized carbons (Fsp3) is 0.324. The van der Waals surface area contributed by atoms with Crippen LogP contribution in [0.5, 0.6) is 0 Å². The van der Waals surface area contributed by atoms with E-state index in [1.54, 1.807) is 0 Å². The first-order valence-corrected chi connectivity index (χ1v) is 14.5. The number of fused-ring (bicyclic) bond motifs is 7. The molecule has 3 aromatic heterocycles. The second kappa shape index (κ2) is 8.18. The summed E-state index contributed by atoms with van der Waals surface area (Å²) in [7, 11) is 2.23. The summed E-state index contributed by atoms with van der Waals surface area (Å²) in [5, 5.41) is 9.73. The van der Waals surface area contributed by atoms with E-state index in [0.29, 0.717) is 5.92 Å². The zero-order valence-corrected chi connectivity index (χ0v) is 24.7. The molecule has 0 unspecified atom stereocenters. The second-order valence-corrected chi connectivity index (χ2v) is 13.6. The van der Waals surface area contributed by atoms with E-state index in [1.807, 2.05) is 0 Å². The Labute approximate surface area is 231 Å². The van der Waals surface area contributed by atoms with Crippen molar-refractivity contribution in [3.05, 3.63) is 83.0 Å². The van der Waals surface area contributed by atoms with Crippen LogP contribution in [-0.4, -0.2) is 4.40 Å². The van der Waals surface area contributed by atoms with E-state index in [2.05, 4.69) is 125 Å². The van der Waals surface area contributed by atoms with Crippen LogP contribution in [0.25, 0.3) is 59.8 Å². The van der Waals surface area contributed by atoms with Gasteiger partial charge in [-0.2, -0.15) is 0 Å². The van der Waals surface area contributed by atoms with E-state index in [9.17, 15) is 0 Å². The fourth-order valence-electron chi connectivity index (χ4n) is 7.30. The molecule has 0 atom stereocenters. The summed E-state index contributed by atoms with van der Waals surface area (Å²) in [6, 6.07) is 21.0. The van der Waals surface area contributed by atoms with Gasteiger partial charge in [-0.15, -0.1) is 0 Å². The standard InChI is InChI=1S/C37H39N2/c1-21(2)17-25-19-24-15-16-38(8)35-31-23(4)28-18-22(3)13-14-26(28)29(20-37(5,6)7)34(31)39-30-12-10-9-11-27(30)32(25)36(39)33(24)35/h9-16,18-19,21H,17,20H2,1-8H3/q+1. The van der Waals surface area contributed by atoms with Crippen LogP contribution in [0.2, 0.25) is 0 Å². The highest BCUT2D eigenvalue weighted by Gasteiger charge is 2.29. The molecule has 0 bridgehead atoms. The van der Waals surface area contributed by atoms with E-state index in [1.165, 1.54) is 82.0 Å². The van der Waals surface area contributed by atoms with Gasteiger partial charge in [0.1, 0.15) is 7.05 Å². The van der Waals surface area contributed by atoms with Gasteiger partial charge in [0.05, 0.1) is 27.3 Å². The number of benzene rings is 4. The van der Waals surface area contributed by atoms with Crippen molar-refractivity contribution in [3.63, 3.8) is 0 Å². The molecule has 0 N–H and O–H groups in total. The molecule has 0 saturated carbocycles. The monoisotopic (exact) mass is 511 g/mol. The molecule has 0 aliphatic rings. The average Bonchev–Trinajstić information content (AvgIpc) is 3.22. The maximum Gasteiger partial charge on any atom is 0.224 e. The Hall–Kier alpha value is -3.65. The van der Waals surface area contributed by atoms with Gasteiger partial charge in [-0.3, -0.25) is 0 Å². The van der Waals surface area contributed by atoms with Gasteiger partial charge in [0.25, 0.3) is 0 Å². The third-order valence-corrected chi connectivity index (χ3v) is 8.72. The molecule has 39 heavy (non-hydrogen) atoms. The van der Waals surface area contributed by atoms with Gasteiger partial charge in [-0.1, -0.05) is 76.6 Å². The van der Waals surface area contributed by atoms with Crippen molar-refractivity contribution in [2.75, 3.05) is 0 Å². The lowest BCUT2D eigenvalue weighted by Gasteiger charge is -2.24. The molecule has 7 rings (SSSR count). The quantitative estimate of drug-likeness (QED) is 0.127. The number of rotatable bonds is 3. The molecule has 0 amide bonds. The number of nitrogens with zero attached hydrogens (tertiary/aromatic N) is 2. The third-order valence-electron chi connectivity index (χ3n) is 8.72. The molecule has 2 nitrogen and oxygen atoms in total. The molecule has 3 heterocycles. The van der Waals surface area contributed by atoms with Crippen LogP contribution < -0.4 is 4.57 Å². The Morgan fingerprint density at radius 1 is 0.821 bits per heavy atom. The van der Waals surface area contributed by atoms with Gasteiger partial charge in [-0.25, -0.2) is 4.57 Å². The van der Waals surface area contributed by atoms with Crippen molar-refractivity contribution in [3.8, 4) is 0 Å².